The van der Waals surface area contributed by atoms with Crippen LogP contribution >= 0.6 is 0 Å². The average molecular weight is 537 g/mol. The van der Waals surface area contributed by atoms with Gasteiger partial charge in [-0.15, -0.1) is 12.0 Å². The Hall–Kier alpha value is -0.183. The molecule has 2 aliphatic carbocycles. The monoisotopic (exact) mass is 534 g/mol. The molecule has 29 heavy (non-hydrogen) atoms. The van der Waals surface area contributed by atoms with E-state index in [1.807, 2.05) is 12.2 Å². The molecule has 5 heteroatoms. The van der Waals surface area contributed by atoms with Crippen molar-refractivity contribution in [1.29, 1.82) is 0 Å². The summed E-state index contributed by atoms with van der Waals surface area (Å²) in [6.45, 7) is 14.5. The minimum absolute atomic E-state index is 0. The molecule has 2 aliphatic rings. The average Bonchev–Trinajstić information content (AvgIpc) is 3.23. The fourth-order valence-corrected chi connectivity index (χ4v) is 5.57. The first-order valence-electron chi connectivity index (χ1n) is 9.57. The second kappa shape index (κ2) is 11.4. The maximum absolute atomic E-state index is 3.58. The van der Waals surface area contributed by atoms with E-state index in [4.69, 9.17) is 0 Å². The molecule has 0 radical (unpaired) electrons. The Kier molecular flexibility index (Phi) is 11.4. The number of allylic oxidation sites excluding steroid dienone is 4. The molecule has 4 rings (SSSR count). The Morgan fingerprint density at radius 2 is 1.45 bits per heavy atom. The largest absolute Gasteiger partial charge is 4.00 e. The van der Waals surface area contributed by atoms with E-state index >= 15 is 0 Å². The molecule has 0 nitrogen and oxygen atoms in total. The minimum atomic E-state index is -1.27. The van der Waals surface area contributed by atoms with Crippen molar-refractivity contribution in [3.05, 3.63) is 71.8 Å². The molecule has 0 bridgehead atoms. The standard InChI is InChI=1S/C19H25Si2.C5H5.2ClH.Zr/c1-20(2,3)16-9-7-14-11-15-8-10-17(21(4,5)6)13-19(15)18(14)12-16;1-2-4-5-3-1;;;/h7,9-10,12-13H,11H2,1-6H3;1-3H,4H2;2*1H;/q2*-1;;;+4/p-2. The number of hydrogen-bond donors (Lipinski definition) is 0. The van der Waals surface area contributed by atoms with Gasteiger partial charge in [0, 0.05) is 8.07 Å². The number of rotatable bonds is 2. The summed E-state index contributed by atoms with van der Waals surface area (Å²) in [7, 11) is -2.52. The zero-order chi connectivity index (χ0) is 18.9. The summed E-state index contributed by atoms with van der Waals surface area (Å²) in [5.41, 5.74) is 5.79. The fraction of sp³-hybridized carbons (Fsp3) is 0.333. The third-order valence-electron chi connectivity index (χ3n) is 5.11. The van der Waals surface area contributed by atoms with Gasteiger partial charge in [-0.3, -0.25) is 6.08 Å². The molecule has 0 saturated carbocycles. The van der Waals surface area contributed by atoms with Gasteiger partial charge >= 0.3 is 26.2 Å². The van der Waals surface area contributed by atoms with Crippen molar-refractivity contribution in [3.8, 4) is 11.1 Å². The molecule has 0 unspecified atom stereocenters. The molecule has 152 valence electrons. The van der Waals surface area contributed by atoms with Crippen LogP contribution in [-0.4, -0.2) is 16.1 Å². The fourth-order valence-electron chi connectivity index (χ4n) is 3.32. The van der Waals surface area contributed by atoms with Gasteiger partial charge in [-0.05, 0) is 6.42 Å². The van der Waals surface area contributed by atoms with Crippen molar-refractivity contribution in [2.45, 2.75) is 52.1 Å². The Bertz CT molecular complexity index is 804. The summed E-state index contributed by atoms with van der Waals surface area (Å²) in [6.07, 6.45) is 11.1. The first kappa shape index (κ1) is 28.8. The molecular formula is C24H30Cl2Si2Zr. The smallest absolute Gasteiger partial charge is 1.00 e. The third-order valence-corrected chi connectivity index (χ3v) is 9.18. The van der Waals surface area contributed by atoms with Crippen molar-refractivity contribution in [2.24, 2.45) is 0 Å². The Morgan fingerprint density at radius 3 is 1.93 bits per heavy atom. The molecule has 0 heterocycles. The van der Waals surface area contributed by atoms with E-state index in [9.17, 15) is 0 Å². The van der Waals surface area contributed by atoms with Crippen molar-refractivity contribution in [2.75, 3.05) is 0 Å². The summed E-state index contributed by atoms with van der Waals surface area (Å²) >= 11 is 0. The van der Waals surface area contributed by atoms with Gasteiger partial charge in [0.25, 0.3) is 0 Å². The SMILES string of the molecule is C[Si](C)(C)c1c[c-]c2c(c1)-c1cc([Si](C)(C)C)ccc1C2.[C-]1=CC=CC1.[Cl-].[Cl-].[Zr+4]. The number of benzene rings is 2. The first-order chi connectivity index (χ1) is 12.2. The molecule has 2 aromatic rings. The van der Waals surface area contributed by atoms with Gasteiger partial charge in [-0.1, -0.05) is 73.8 Å². The molecule has 0 N–H and O–H groups in total. The van der Waals surface area contributed by atoms with Crippen LogP contribution in [0.2, 0.25) is 39.3 Å². The van der Waals surface area contributed by atoms with Crippen LogP contribution in [0.25, 0.3) is 11.1 Å². The molecule has 0 amide bonds. The van der Waals surface area contributed by atoms with E-state index in [1.54, 1.807) is 5.19 Å². The van der Waals surface area contributed by atoms with Crippen LogP contribution in [-0.2, 0) is 32.6 Å². The van der Waals surface area contributed by atoms with Gasteiger partial charge < -0.3 is 24.8 Å². The van der Waals surface area contributed by atoms with E-state index < -0.39 is 16.1 Å². The molecule has 0 aromatic heterocycles. The van der Waals surface area contributed by atoms with Crippen LogP contribution in [0.4, 0.5) is 0 Å². The number of fused-ring (bicyclic) bond motifs is 3. The van der Waals surface area contributed by atoms with Crippen LogP contribution in [0.3, 0.4) is 0 Å². The van der Waals surface area contributed by atoms with Gasteiger partial charge in [0.2, 0.25) is 0 Å². The zero-order valence-electron chi connectivity index (χ0n) is 18.3. The van der Waals surface area contributed by atoms with Crippen LogP contribution in [0.1, 0.15) is 17.5 Å². The van der Waals surface area contributed by atoms with E-state index in [0.29, 0.717) is 0 Å². The van der Waals surface area contributed by atoms with Gasteiger partial charge in [-0.2, -0.15) is 35.0 Å². The third kappa shape index (κ3) is 7.18. The van der Waals surface area contributed by atoms with Crippen molar-refractivity contribution in [3.63, 3.8) is 0 Å². The summed E-state index contributed by atoms with van der Waals surface area (Å²) in [5, 5.41) is 3.08. The minimum Gasteiger partial charge on any atom is -1.00 e. The normalized spacial score (nSPS) is 13.2. The van der Waals surface area contributed by atoms with Gasteiger partial charge in [0.05, 0.1) is 8.07 Å². The van der Waals surface area contributed by atoms with Crippen LogP contribution in [0, 0.1) is 12.1 Å². The second-order valence-corrected chi connectivity index (χ2v) is 19.5. The van der Waals surface area contributed by atoms with Crippen molar-refractivity contribution in [1.82, 2.24) is 0 Å². The first-order valence-corrected chi connectivity index (χ1v) is 16.6. The molecule has 0 aliphatic heterocycles. The quantitative estimate of drug-likeness (QED) is 0.305. The van der Waals surface area contributed by atoms with Gasteiger partial charge in [0.1, 0.15) is 0 Å². The van der Waals surface area contributed by atoms with E-state index in [0.717, 1.165) is 12.8 Å². The predicted molar refractivity (Wildman–Crippen MR) is 121 cm³/mol. The van der Waals surface area contributed by atoms with Crippen LogP contribution in [0.5, 0.6) is 0 Å². The Labute approximate surface area is 211 Å². The molecule has 0 saturated heterocycles. The molecular weight excluding hydrogens is 507 g/mol. The maximum atomic E-state index is 3.58. The second-order valence-electron chi connectivity index (χ2n) is 9.33. The summed E-state index contributed by atoms with van der Waals surface area (Å²) in [6, 6.07) is 15.5. The topological polar surface area (TPSA) is 0 Å². The van der Waals surface area contributed by atoms with Crippen molar-refractivity contribution >= 4 is 26.5 Å². The zero-order valence-corrected chi connectivity index (χ0v) is 24.3. The summed E-state index contributed by atoms with van der Waals surface area (Å²) in [5.74, 6) is 0. The summed E-state index contributed by atoms with van der Waals surface area (Å²) < 4.78 is 0. The molecule has 0 fully saturated rings. The van der Waals surface area contributed by atoms with E-state index in [-0.39, 0.29) is 51.0 Å². The molecule has 2 aromatic carbocycles. The Balaban J connectivity index is 0.000000863. The maximum Gasteiger partial charge on any atom is 4.00 e. The van der Waals surface area contributed by atoms with E-state index in [1.165, 1.54) is 27.4 Å². The molecule has 0 atom stereocenters. The predicted octanol–water partition coefficient (Wildman–Crippen LogP) is -0.540. The van der Waals surface area contributed by atoms with Crippen LogP contribution < -0.4 is 35.2 Å². The van der Waals surface area contributed by atoms with Gasteiger partial charge in [0.15, 0.2) is 0 Å². The number of halogens is 2. The summed E-state index contributed by atoms with van der Waals surface area (Å²) in [4.78, 5) is 0. The van der Waals surface area contributed by atoms with E-state index in [2.05, 4.69) is 87.8 Å². The number of hydrogen-bond acceptors (Lipinski definition) is 0. The van der Waals surface area contributed by atoms with Gasteiger partial charge in [-0.25, -0.2) is 12.2 Å². The Morgan fingerprint density at radius 1 is 0.828 bits per heavy atom. The van der Waals surface area contributed by atoms with Crippen LogP contribution in [0.15, 0.2) is 48.6 Å². The molecule has 0 spiro atoms. The van der Waals surface area contributed by atoms with Crippen molar-refractivity contribution < 1.29 is 51.0 Å².